The zero-order valence-electron chi connectivity index (χ0n) is 33.2. The average Bonchev–Trinajstić information content (AvgIpc) is 3.11. The second-order valence-corrected chi connectivity index (χ2v) is 17.9. The zero-order valence-corrected chi connectivity index (χ0v) is 35.2. The van der Waals surface area contributed by atoms with E-state index in [2.05, 4.69) is 0 Å². The number of benzene rings is 2. The van der Waals surface area contributed by atoms with Crippen molar-refractivity contribution in [2.24, 2.45) is 0 Å². The largest absolute Gasteiger partial charge is 0.501 e. The van der Waals surface area contributed by atoms with Gasteiger partial charge >= 0.3 is 29.5 Å². The van der Waals surface area contributed by atoms with Crippen LogP contribution in [-0.4, -0.2) is 120 Å². The van der Waals surface area contributed by atoms with Crippen molar-refractivity contribution in [2.75, 3.05) is 67.6 Å². The first kappa shape index (κ1) is 48.4. The molecular formula is C37H62O14Si2. The number of aryl methyl sites for hydroxylation is 4. The summed E-state index contributed by atoms with van der Waals surface area (Å²) >= 11 is 0. The number of hydrogen-bond acceptors (Lipinski definition) is 14. The standard InChI is InChI=1S/C20H34O7Si.C17H28O7Si/c1-6-25-28(26-7-2,27-8-3)11-9-10-23-19(21)15-24-20(22)18-13-16(4)12-17(5)14-18;1-13-9-14(2)11-15(10-13)17(19)24-12-16(18)23-7-6-8-25(20-3,21-4)22-5/h12-14,19,21H,6-11,15H2,1-5H3;9-11,16,18H,6-8,12H2,1-5H3. The molecule has 0 saturated heterocycles. The van der Waals surface area contributed by atoms with E-state index in [1.54, 1.807) is 45.6 Å². The normalized spacial score (nSPS) is 12.8. The van der Waals surface area contributed by atoms with E-state index in [1.165, 1.54) is 0 Å². The fourth-order valence-corrected chi connectivity index (χ4v) is 9.58. The summed E-state index contributed by atoms with van der Waals surface area (Å²) in [4.78, 5) is 24.1. The van der Waals surface area contributed by atoms with Crippen LogP contribution in [-0.2, 0) is 45.5 Å². The van der Waals surface area contributed by atoms with Gasteiger partial charge in [0.1, 0.15) is 13.2 Å². The predicted octanol–water partition coefficient (Wildman–Crippen LogP) is 5.30. The molecule has 2 aromatic carbocycles. The Hall–Kier alpha value is -2.59. The van der Waals surface area contributed by atoms with E-state index in [-0.39, 0.29) is 26.4 Å². The predicted molar refractivity (Wildman–Crippen MR) is 203 cm³/mol. The second-order valence-electron chi connectivity index (χ2n) is 12.1. The minimum absolute atomic E-state index is 0.225. The van der Waals surface area contributed by atoms with Gasteiger partial charge in [0.15, 0.2) is 12.6 Å². The van der Waals surface area contributed by atoms with Crippen molar-refractivity contribution in [3.8, 4) is 0 Å². The fourth-order valence-electron chi connectivity index (χ4n) is 5.32. The van der Waals surface area contributed by atoms with Gasteiger partial charge in [0.2, 0.25) is 0 Å². The molecule has 302 valence electrons. The third-order valence-corrected chi connectivity index (χ3v) is 13.5. The van der Waals surface area contributed by atoms with E-state index in [9.17, 15) is 19.8 Å². The number of carbonyl (C=O) groups is 2. The maximum absolute atomic E-state index is 12.1. The summed E-state index contributed by atoms with van der Waals surface area (Å²) in [6.45, 7) is 15.0. The number of aliphatic hydroxyl groups excluding tert-OH is 2. The van der Waals surface area contributed by atoms with Crippen LogP contribution in [0.1, 0.15) is 76.6 Å². The molecule has 0 aliphatic heterocycles. The molecule has 0 saturated carbocycles. The van der Waals surface area contributed by atoms with Crippen LogP contribution in [0.2, 0.25) is 12.1 Å². The van der Waals surface area contributed by atoms with Crippen LogP contribution in [0.3, 0.4) is 0 Å². The van der Waals surface area contributed by atoms with E-state index in [0.29, 0.717) is 55.9 Å². The van der Waals surface area contributed by atoms with Gasteiger partial charge in [-0.1, -0.05) is 34.4 Å². The number of rotatable bonds is 25. The van der Waals surface area contributed by atoms with Gasteiger partial charge in [-0.15, -0.1) is 0 Å². The molecule has 16 heteroatoms. The van der Waals surface area contributed by atoms with Crippen molar-refractivity contribution in [1.29, 1.82) is 0 Å². The third-order valence-electron chi connectivity index (χ3n) is 7.53. The van der Waals surface area contributed by atoms with Gasteiger partial charge in [-0.25, -0.2) is 9.59 Å². The summed E-state index contributed by atoms with van der Waals surface area (Å²) in [5, 5.41) is 19.7. The lowest BCUT2D eigenvalue weighted by Gasteiger charge is -2.28. The molecule has 0 aromatic heterocycles. The maximum atomic E-state index is 12.1. The Kier molecular flexibility index (Phi) is 24.0. The molecule has 2 aromatic rings. The summed E-state index contributed by atoms with van der Waals surface area (Å²) < 4.78 is 54.0. The molecule has 0 fully saturated rings. The first-order valence-electron chi connectivity index (χ1n) is 17.9. The first-order chi connectivity index (χ1) is 25.2. The molecule has 53 heavy (non-hydrogen) atoms. The van der Waals surface area contributed by atoms with E-state index in [1.807, 2.05) is 60.6 Å². The maximum Gasteiger partial charge on any atom is 0.501 e. The summed E-state index contributed by atoms with van der Waals surface area (Å²) in [6, 6.07) is 12.1. The smallest absolute Gasteiger partial charge is 0.457 e. The van der Waals surface area contributed by atoms with Crippen molar-refractivity contribution < 1.29 is 65.3 Å². The number of aliphatic hydroxyl groups is 2. The van der Waals surface area contributed by atoms with Gasteiger partial charge in [-0.3, -0.25) is 0 Å². The summed E-state index contributed by atoms with van der Waals surface area (Å²) in [7, 11) is -0.704. The Morgan fingerprint density at radius 2 is 0.887 bits per heavy atom. The van der Waals surface area contributed by atoms with E-state index in [4.69, 9.17) is 45.5 Å². The van der Waals surface area contributed by atoms with Crippen LogP contribution in [0.4, 0.5) is 0 Å². The van der Waals surface area contributed by atoms with E-state index >= 15 is 0 Å². The third kappa shape index (κ3) is 19.0. The van der Waals surface area contributed by atoms with Gasteiger partial charge in [-0.05, 0) is 85.6 Å². The van der Waals surface area contributed by atoms with Crippen LogP contribution in [0.5, 0.6) is 0 Å². The molecule has 0 radical (unpaired) electrons. The molecule has 0 aliphatic carbocycles. The zero-order chi connectivity index (χ0) is 39.9. The summed E-state index contributed by atoms with van der Waals surface area (Å²) in [5.41, 5.74) is 4.84. The highest BCUT2D eigenvalue weighted by Crippen LogP contribution is 2.19. The van der Waals surface area contributed by atoms with Crippen molar-refractivity contribution >= 4 is 29.5 Å². The van der Waals surface area contributed by atoms with E-state index < -0.39 is 42.1 Å². The first-order valence-corrected chi connectivity index (χ1v) is 21.7. The number of carbonyl (C=O) groups excluding carboxylic acids is 2. The Morgan fingerprint density at radius 1 is 0.566 bits per heavy atom. The Bertz CT molecular complexity index is 1270. The molecule has 0 aliphatic rings. The Labute approximate surface area is 317 Å². The molecule has 0 amide bonds. The summed E-state index contributed by atoms with van der Waals surface area (Å²) in [6.07, 6.45) is -1.17. The Balaban J connectivity index is 0.000000533. The minimum Gasteiger partial charge on any atom is -0.457 e. The lowest BCUT2D eigenvalue weighted by atomic mass is 10.1. The molecule has 0 spiro atoms. The van der Waals surface area contributed by atoms with Crippen LogP contribution in [0.15, 0.2) is 36.4 Å². The summed E-state index contributed by atoms with van der Waals surface area (Å²) in [5.74, 6) is -0.969. The Morgan fingerprint density at radius 3 is 1.19 bits per heavy atom. The molecule has 2 rings (SSSR count). The molecule has 2 atom stereocenters. The van der Waals surface area contributed by atoms with Gasteiger partial charge < -0.3 is 55.7 Å². The minimum atomic E-state index is -2.71. The number of hydrogen-bond donors (Lipinski definition) is 2. The van der Waals surface area contributed by atoms with Crippen molar-refractivity contribution in [3.63, 3.8) is 0 Å². The van der Waals surface area contributed by atoms with Crippen molar-refractivity contribution in [2.45, 2.75) is 86.0 Å². The van der Waals surface area contributed by atoms with Crippen LogP contribution >= 0.6 is 0 Å². The van der Waals surface area contributed by atoms with Gasteiger partial charge in [-0.2, -0.15) is 0 Å². The van der Waals surface area contributed by atoms with Crippen molar-refractivity contribution in [1.82, 2.24) is 0 Å². The highest BCUT2D eigenvalue weighted by atomic mass is 28.4. The van der Waals surface area contributed by atoms with Crippen LogP contribution in [0, 0.1) is 27.7 Å². The highest BCUT2D eigenvalue weighted by molar-refractivity contribution is 6.61. The van der Waals surface area contributed by atoms with Gasteiger partial charge in [0, 0.05) is 66.5 Å². The quantitative estimate of drug-likeness (QED) is 0.0576. The molecular weight excluding hydrogens is 725 g/mol. The second kappa shape index (κ2) is 26.3. The molecule has 0 bridgehead atoms. The molecule has 0 heterocycles. The monoisotopic (exact) mass is 786 g/mol. The number of esters is 2. The molecule has 14 nitrogen and oxygen atoms in total. The lowest BCUT2D eigenvalue weighted by Crippen LogP contribution is -2.46. The number of ether oxygens (including phenoxy) is 4. The van der Waals surface area contributed by atoms with Crippen molar-refractivity contribution in [3.05, 3.63) is 69.8 Å². The van der Waals surface area contributed by atoms with E-state index in [0.717, 1.165) is 22.3 Å². The SMILES string of the molecule is CCO[Si](CCCOC(O)COC(=O)c1cc(C)cc(C)c1)(OCC)OCC.CO[Si](CCCOC(O)COC(=O)c1cc(C)cc(C)c1)(OC)OC. The highest BCUT2D eigenvalue weighted by Gasteiger charge is 2.40. The fraction of sp³-hybridized carbons (Fsp3) is 0.622. The average molecular weight is 787 g/mol. The molecule has 2 unspecified atom stereocenters. The topological polar surface area (TPSA) is 167 Å². The van der Waals surface area contributed by atoms with Crippen LogP contribution < -0.4 is 0 Å². The van der Waals surface area contributed by atoms with Gasteiger partial charge in [0.05, 0.1) is 11.1 Å². The molecule has 2 N–H and O–H groups in total. The van der Waals surface area contributed by atoms with Gasteiger partial charge in [0.25, 0.3) is 0 Å². The lowest BCUT2D eigenvalue weighted by molar-refractivity contribution is -0.127. The van der Waals surface area contributed by atoms with Crippen LogP contribution in [0.25, 0.3) is 0 Å².